The molecule has 12 heteroatoms. The largest absolute Gasteiger partial charge is 0.500 e. The summed E-state index contributed by atoms with van der Waals surface area (Å²) in [4.78, 5) is 49.5. The number of nitro groups is 1. The minimum Gasteiger partial charge on any atom is -0.500 e. The van der Waals surface area contributed by atoms with E-state index in [0.717, 1.165) is 22.6 Å². The third-order valence-corrected chi connectivity index (χ3v) is 5.80. The number of amides is 4. The van der Waals surface area contributed by atoms with E-state index in [4.69, 9.17) is 21.1 Å². The molecule has 0 spiro atoms. The molecular formula is C26H20ClN3O8. The first-order valence-electron chi connectivity index (χ1n) is 11.2. The van der Waals surface area contributed by atoms with Crippen LogP contribution in [0, 0.1) is 10.1 Å². The number of benzene rings is 3. The Balaban J connectivity index is 1.60. The molecule has 4 amide bonds. The summed E-state index contributed by atoms with van der Waals surface area (Å²) in [6, 6.07) is 14.5. The highest BCUT2D eigenvalue weighted by Gasteiger charge is 2.37. The van der Waals surface area contributed by atoms with E-state index in [-0.39, 0.29) is 30.2 Å². The lowest BCUT2D eigenvalue weighted by Gasteiger charge is -2.26. The second-order valence-corrected chi connectivity index (χ2v) is 8.32. The number of ether oxygens (including phenoxy) is 2. The molecule has 0 bridgehead atoms. The Morgan fingerprint density at radius 1 is 1.08 bits per heavy atom. The fourth-order valence-electron chi connectivity index (χ4n) is 3.63. The van der Waals surface area contributed by atoms with Crippen molar-refractivity contribution in [3.63, 3.8) is 0 Å². The molecule has 38 heavy (non-hydrogen) atoms. The van der Waals surface area contributed by atoms with Gasteiger partial charge in [0.1, 0.15) is 17.9 Å². The van der Waals surface area contributed by atoms with Crippen LogP contribution in [0.25, 0.3) is 6.08 Å². The third-order valence-electron chi connectivity index (χ3n) is 5.43. The molecule has 1 fully saturated rings. The number of hydrogen-bond donors (Lipinski definition) is 2. The van der Waals surface area contributed by atoms with Gasteiger partial charge in [-0.2, -0.15) is 0 Å². The molecule has 0 atom stereocenters. The number of nitrogens with one attached hydrogen (secondary N) is 1. The minimum atomic E-state index is -0.982. The molecule has 0 saturated carbocycles. The van der Waals surface area contributed by atoms with Gasteiger partial charge in [0.05, 0.1) is 17.2 Å². The van der Waals surface area contributed by atoms with Crippen LogP contribution in [0.2, 0.25) is 5.02 Å². The van der Waals surface area contributed by atoms with E-state index in [9.17, 15) is 29.6 Å². The lowest BCUT2D eigenvalue weighted by atomic mass is 10.1. The predicted molar refractivity (Wildman–Crippen MR) is 137 cm³/mol. The molecule has 3 aromatic carbocycles. The van der Waals surface area contributed by atoms with E-state index in [2.05, 4.69) is 5.32 Å². The standard InChI is InChI=1S/C26H20ClN3O8/c1-2-37-22-13-15(12-21(23(22)31)30(35)36)11-19-24(32)28-26(34)29(25(19)33)17-7-9-18(10-8-17)38-14-16-5-3-4-6-20(16)27/h3-13,31H,2,14H2,1H3,(H,28,32,34)/b19-11+. The average molecular weight is 538 g/mol. The number of aromatic hydroxyl groups is 1. The summed E-state index contributed by atoms with van der Waals surface area (Å²) in [5, 5.41) is 24.1. The van der Waals surface area contributed by atoms with Gasteiger partial charge in [0.25, 0.3) is 11.8 Å². The summed E-state index contributed by atoms with van der Waals surface area (Å²) in [6.45, 7) is 1.92. The van der Waals surface area contributed by atoms with Crippen molar-refractivity contribution in [1.29, 1.82) is 0 Å². The molecule has 3 aromatic rings. The Hall–Kier alpha value is -4.90. The van der Waals surface area contributed by atoms with Gasteiger partial charge < -0.3 is 14.6 Å². The third kappa shape index (κ3) is 5.42. The first-order chi connectivity index (χ1) is 18.2. The monoisotopic (exact) mass is 537 g/mol. The van der Waals surface area contributed by atoms with Crippen LogP contribution in [0.15, 0.2) is 66.2 Å². The molecule has 0 radical (unpaired) electrons. The van der Waals surface area contributed by atoms with E-state index in [0.29, 0.717) is 10.8 Å². The number of hydrogen-bond acceptors (Lipinski definition) is 8. The number of imide groups is 2. The average Bonchev–Trinajstić information content (AvgIpc) is 2.88. The van der Waals surface area contributed by atoms with Crippen molar-refractivity contribution in [2.45, 2.75) is 13.5 Å². The van der Waals surface area contributed by atoms with Crippen molar-refractivity contribution in [2.24, 2.45) is 0 Å². The molecule has 1 aliphatic rings. The molecule has 1 aliphatic heterocycles. The van der Waals surface area contributed by atoms with Crippen molar-refractivity contribution in [1.82, 2.24) is 5.32 Å². The number of halogens is 1. The summed E-state index contributed by atoms with van der Waals surface area (Å²) >= 11 is 6.13. The number of phenols is 1. The number of carbonyl (C=O) groups excluding carboxylic acids is 3. The SMILES string of the molecule is CCOc1cc(/C=C2\C(=O)NC(=O)N(c3ccc(OCc4ccccc4Cl)cc3)C2=O)cc([N+](=O)[O-])c1O. The van der Waals surface area contributed by atoms with Crippen LogP contribution in [0.4, 0.5) is 16.2 Å². The maximum Gasteiger partial charge on any atom is 0.335 e. The molecule has 4 rings (SSSR count). The van der Waals surface area contributed by atoms with E-state index in [1.165, 1.54) is 18.2 Å². The van der Waals surface area contributed by atoms with Crippen LogP contribution in [0.1, 0.15) is 18.1 Å². The Morgan fingerprint density at radius 3 is 2.45 bits per heavy atom. The number of carbonyl (C=O) groups is 3. The Bertz CT molecular complexity index is 1470. The van der Waals surface area contributed by atoms with Crippen molar-refractivity contribution in [2.75, 3.05) is 11.5 Å². The first-order valence-corrected chi connectivity index (χ1v) is 11.6. The lowest BCUT2D eigenvalue weighted by Crippen LogP contribution is -2.54. The lowest BCUT2D eigenvalue weighted by molar-refractivity contribution is -0.386. The zero-order chi connectivity index (χ0) is 27.4. The fraction of sp³-hybridized carbons (Fsp3) is 0.115. The number of phenolic OH excluding ortho intramolecular Hbond substituents is 1. The van der Waals surface area contributed by atoms with Gasteiger partial charge in [0, 0.05) is 16.7 Å². The second-order valence-electron chi connectivity index (χ2n) is 7.91. The van der Waals surface area contributed by atoms with Crippen LogP contribution in [-0.2, 0) is 16.2 Å². The van der Waals surface area contributed by atoms with Crippen molar-refractivity contribution < 1.29 is 33.9 Å². The number of barbiturate groups is 1. The zero-order valence-corrected chi connectivity index (χ0v) is 20.6. The second kappa shape index (κ2) is 11.0. The highest BCUT2D eigenvalue weighted by atomic mass is 35.5. The molecule has 2 N–H and O–H groups in total. The van der Waals surface area contributed by atoms with Crippen LogP contribution < -0.4 is 19.7 Å². The van der Waals surface area contributed by atoms with Crippen LogP contribution in [-0.4, -0.2) is 34.5 Å². The van der Waals surface area contributed by atoms with Gasteiger partial charge in [-0.3, -0.25) is 25.0 Å². The fourth-order valence-corrected chi connectivity index (χ4v) is 3.82. The number of nitrogens with zero attached hydrogens (tertiary/aromatic N) is 2. The number of nitro benzene ring substituents is 1. The smallest absolute Gasteiger partial charge is 0.335 e. The predicted octanol–water partition coefficient (Wildman–Crippen LogP) is 4.60. The highest BCUT2D eigenvalue weighted by Crippen LogP contribution is 2.38. The molecule has 1 saturated heterocycles. The summed E-state index contributed by atoms with van der Waals surface area (Å²) in [6.07, 6.45) is 1.08. The van der Waals surface area contributed by atoms with Crippen molar-refractivity contribution >= 4 is 46.9 Å². The van der Waals surface area contributed by atoms with Crippen molar-refractivity contribution in [3.8, 4) is 17.2 Å². The number of anilines is 1. The van der Waals surface area contributed by atoms with Crippen LogP contribution >= 0.6 is 11.6 Å². The molecule has 0 aromatic heterocycles. The Labute approximate surface area is 221 Å². The molecule has 11 nitrogen and oxygen atoms in total. The Morgan fingerprint density at radius 2 is 1.79 bits per heavy atom. The maximum absolute atomic E-state index is 13.2. The maximum atomic E-state index is 13.2. The van der Waals surface area contributed by atoms with Crippen LogP contribution in [0.3, 0.4) is 0 Å². The molecule has 194 valence electrons. The Kier molecular flexibility index (Phi) is 7.58. The molecule has 0 aliphatic carbocycles. The summed E-state index contributed by atoms with van der Waals surface area (Å²) in [7, 11) is 0. The van der Waals surface area contributed by atoms with Gasteiger partial charge in [0.15, 0.2) is 5.75 Å². The van der Waals surface area contributed by atoms with Gasteiger partial charge in [-0.15, -0.1) is 0 Å². The van der Waals surface area contributed by atoms with Gasteiger partial charge in [0.2, 0.25) is 5.75 Å². The number of urea groups is 1. The summed E-state index contributed by atoms with van der Waals surface area (Å²) in [5.74, 6) is -2.36. The summed E-state index contributed by atoms with van der Waals surface area (Å²) in [5.41, 5.74) is -0.159. The van der Waals surface area contributed by atoms with Crippen LogP contribution in [0.5, 0.6) is 17.2 Å². The van der Waals surface area contributed by atoms with Crippen molar-refractivity contribution in [3.05, 3.63) is 92.5 Å². The summed E-state index contributed by atoms with van der Waals surface area (Å²) < 4.78 is 10.9. The van der Waals surface area contributed by atoms with Gasteiger partial charge >= 0.3 is 11.7 Å². The quantitative estimate of drug-likeness (QED) is 0.183. The number of rotatable bonds is 8. The molecule has 1 heterocycles. The van der Waals surface area contributed by atoms with E-state index in [1.54, 1.807) is 31.2 Å². The van der Waals surface area contributed by atoms with E-state index < -0.39 is 39.8 Å². The van der Waals surface area contributed by atoms with E-state index >= 15 is 0 Å². The molecule has 0 unspecified atom stereocenters. The van der Waals surface area contributed by atoms with Gasteiger partial charge in [-0.25, -0.2) is 9.69 Å². The normalized spacial score (nSPS) is 14.4. The first kappa shape index (κ1) is 26.2. The molecular weight excluding hydrogens is 518 g/mol. The van der Waals surface area contributed by atoms with Gasteiger partial charge in [-0.1, -0.05) is 29.8 Å². The topological polar surface area (TPSA) is 148 Å². The van der Waals surface area contributed by atoms with E-state index in [1.807, 2.05) is 12.1 Å². The van der Waals surface area contributed by atoms with Gasteiger partial charge in [-0.05, 0) is 55.0 Å². The minimum absolute atomic E-state index is 0.0362. The zero-order valence-electron chi connectivity index (χ0n) is 19.8. The highest BCUT2D eigenvalue weighted by molar-refractivity contribution is 6.39.